The average molecular weight is 483 g/mol. The minimum Gasteiger partial charge on any atom is -0.368 e. The molecule has 5 N–H and O–H groups in total. The Hall–Kier alpha value is -2.75. The molecule has 1 aliphatic rings. The number of hydrogen-bond acceptors (Lipinski definition) is 7. The fourth-order valence-corrected chi connectivity index (χ4v) is 5.50. The fraction of sp³-hybridized carbons (Fsp3) is 0.440. The molecule has 0 amide bonds. The van der Waals surface area contributed by atoms with Gasteiger partial charge < -0.3 is 16.4 Å². The maximum absolute atomic E-state index is 12.5. The summed E-state index contributed by atoms with van der Waals surface area (Å²) in [5, 5.41) is 7.69. The Bertz CT molecular complexity index is 1190. The summed E-state index contributed by atoms with van der Waals surface area (Å²) in [4.78, 5) is 9.65. The number of para-hydroxylation sites is 1. The lowest BCUT2D eigenvalue weighted by atomic mass is 9.82. The molecule has 0 radical (unpaired) electrons. The lowest BCUT2D eigenvalue weighted by Gasteiger charge is -2.28. The summed E-state index contributed by atoms with van der Waals surface area (Å²) in [6.45, 7) is 4.42. The quantitative estimate of drug-likeness (QED) is 0.349. The standard InChI is InChI=1S/C25H34N6O2S/c1-18-6-12-21(13-7-18)34(32,33)29-17-20-10-8-19(9-11-20)16-28-25-30-23-5-3-2-4-22(23)24(31-25)27-15-14-26/h2-7,12-13,19-20,29H,8-11,14-17,26H2,1H3,(H2,27,28,30,31)/t19-,20-. The molecule has 34 heavy (non-hydrogen) atoms. The summed E-state index contributed by atoms with van der Waals surface area (Å²) in [6.07, 6.45) is 4.11. The highest BCUT2D eigenvalue weighted by Gasteiger charge is 2.23. The van der Waals surface area contributed by atoms with Gasteiger partial charge in [0.2, 0.25) is 16.0 Å². The second-order valence-corrected chi connectivity index (χ2v) is 10.8. The van der Waals surface area contributed by atoms with E-state index in [0.29, 0.717) is 42.3 Å². The zero-order valence-electron chi connectivity index (χ0n) is 19.6. The van der Waals surface area contributed by atoms with Gasteiger partial charge in [-0.2, -0.15) is 4.98 Å². The average Bonchev–Trinajstić information content (AvgIpc) is 2.85. The summed E-state index contributed by atoms with van der Waals surface area (Å²) < 4.78 is 27.9. The van der Waals surface area contributed by atoms with Crippen LogP contribution >= 0.6 is 0 Å². The minimum absolute atomic E-state index is 0.326. The van der Waals surface area contributed by atoms with Gasteiger partial charge in [-0.05, 0) is 68.7 Å². The monoisotopic (exact) mass is 482 g/mol. The second kappa shape index (κ2) is 11.1. The van der Waals surface area contributed by atoms with Gasteiger partial charge >= 0.3 is 0 Å². The van der Waals surface area contributed by atoms with Gasteiger partial charge in [0, 0.05) is 31.6 Å². The fourth-order valence-electron chi connectivity index (χ4n) is 4.38. The molecular weight excluding hydrogens is 448 g/mol. The molecule has 0 saturated heterocycles. The molecule has 9 heteroatoms. The maximum Gasteiger partial charge on any atom is 0.240 e. The van der Waals surface area contributed by atoms with Crippen LogP contribution in [0.15, 0.2) is 53.4 Å². The predicted molar refractivity (Wildman–Crippen MR) is 137 cm³/mol. The minimum atomic E-state index is -3.46. The van der Waals surface area contributed by atoms with E-state index in [2.05, 4.69) is 25.3 Å². The molecule has 1 heterocycles. The first kappa shape index (κ1) is 24.4. The number of nitrogens with zero attached hydrogens (tertiary/aromatic N) is 2. The van der Waals surface area contributed by atoms with Crippen molar-refractivity contribution in [2.45, 2.75) is 37.5 Å². The first-order valence-corrected chi connectivity index (χ1v) is 13.4. The molecular formula is C25H34N6O2S. The number of nitrogens with one attached hydrogen (secondary N) is 3. The number of sulfonamides is 1. The summed E-state index contributed by atoms with van der Waals surface area (Å²) in [5.41, 5.74) is 7.58. The van der Waals surface area contributed by atoms with Crippen LogP contribution < -0.4 is 21.1 Å². The highest BCUT2D eigenvalue weighted by Crippen LogP contribution is 2.29. The Morgan fingerprint density at radius 3 is 2.29 bits per heavy atom. The van der Waals surface area contributed by atoms with E-state index in [1.807, 2.05) is 43.3 Å². The van der Waals surface area contributed by atoms with Crippen molar-refractivity contribution in [1.82, 2.24) is 14.7 Å². The highest BCUT2D eigenvalue weighted by atomic mass is 32.2. The molecule has 0 spiro atoms. The van der Waals surface area contributed by atoms with Gasteiger partial charge in [0.15, 0.2) is 0 Å². The number of hydrogen-bond donors (Lipinski definition) is 4. The molecule has 2 aromatic carbocycles. The molecule has 1 fully saturated rings. The molecule has 1 aliphatic carbocycles. The van der Waals surface area contributed by atoms with Crippen molar-refractivity contribution in [3.05, 3.63) is 54.1 Å². The van der Waals surface area contributed by atoms with E-state index in [9.17, 15) is 8.42 Å². The summed E-state index contributed by atoms with van der Waals surface area (Å²) >= 11 is 0. The van der Waals surface area contributed by atoms with Crippen LogP contribution in [0.5, 0.6) is 0 Å². The molecule has 4 rings (SSSR count). The highest BCUT2D eigenvalue weighted by molar-refractivity contribution is 7.89. The Labute approximate surface area is 201 Å². The van der Waals surface area contributed by atoms with Crippen LogP contribution in [0, 0.1) is 18.8 Å². The Morgan fingerprint density at radius 1 is 0.912 bits per heavy atom. The Kier molecular flexibility index (Phi) is 7.97. The lowest BCUT2D eigenvalue weighted by molar-refractivity contribution is 0.284. The number of benzene rings is 2. The van der Waals surface area contributed by atoms with E-state index >= 15 is 0 Å². The molecule has 1 aromatic heterocycles. The van der Waals surface area contributed by atoms with Crippen LogP contribution in [0.1, 0.15) is 31.2 Å². The van der Waals surface area contributed by atoms with Crippen molar-refractivity contribution in [2.75, 3.05) is 36.8 Å². The van der Waals surface area contributed by atoms with Crippen LogP contribution in [0.3, 0.4) is 0 Å². The number of aromatic nitrogens is 2. The first-order chi connectivity index (χ1) is 16.4. The van der Waals surface area contributed by atoms with Crippen molar-refractivity contribution >= 4 is 32.7 Å². The zero-order valence-corrected chi connectivity index (χ0v) is 20.4. The van der Waals surface area contributed by atoms with Gasteiger partial charge in [0.05, 0.1) is 10.4 Å². The van der Waals surface area contributed by atoms with Crippen molar-refractivity contribution < 1.29 is 8.42 Å². The van der Waals surface area contributed by atoms with E-state index in [1.54, 1.807) is 12.1 Å². The van der Waals surface area contributed by atoms with Gasteiger partial charge in [0.25, 0.3) is 0 Å². The summed E-state index contributed by atoms with van der Waals surface area (Å²) in [7, 11) is -3.46. The van der Waals surface area contributed by atoms with E-state index in [4.69, 9.17) is 5.73 Å². The molecule has 3 aromatic rings. The predicted octanol–water partition coefficient (Wildman–Crippen LogP) is 3.51. The smallest absolute Gasteiger partial charge is 0.240 e. The van der Waals surface area contributed by atoms with Crippen LogP contribution in [0.25, 0.3) is 10.9 Å². The molecule has 0 bridgehead atoms. The topological polar surface area (TPSA) is 122 Å². The van der Waals surface area contributed by atoms with Crippen LogP contribution in [-0.4, -0.2) is 44.6 Å². The van der Waals surface area contributed by atoms with Crippen molar-refractivity contribution in [2.24, 2.45) is 17.6 Å². The lowest BCUT2D eigenvalue weighted by Crippen LogP contribution is -2.32. The molecule has 8 nitrogen and oxygen atoms in total. The molecule has 0 aliphatic heterocycles. The van der Waals surface area contributed by atoms with Gasteiger partial charge in [-0.3, -0.25) is 0 Å². The largest absolute Gasteiger partial charge is 0.368 e. The van der Waals surface area contributed by atoms with Gasteiger partial charge in [0.1, 0.15) is 5.82 Å². The van der Waals surface area contributed by atoms with Crippen LogP contribution in [0.2, 0.25) is 0 Å². The first-order valence-electron chi connectivity index (χ1n) is 12.0. The number of aryl methyl sites for hydroxylation is 1. The third kappa shape index (κ3) is 6.22. The summed E-state index contributed by atoms with van der Waals surface area (Å²) in [6, 6.07) is 14.9. The van der Waals surface area contributed by atoms with Crippen LogP contribution in [0.4, 0.5) is 11.8 Å². The van der Waals surface area contributed by atoms with Crippen LogP contribution in [-0.2, 0) is 10.0 Å². The SMILES string of the molecule is Cc1ccc(S(=O)(=O)NC[C@H]2CC[C@H](CNc3nc(NCCN)c4ccccc4n3)CC2)cc1. The summed E-state index contributed by atoms with van der Waals surface area (Å²) in [5.74, 6) is 2.29. The maximum atomic E-state index is 12.5. The molecule has 0 unspecified atom stereocenters. The number of anilines is 2. The van der Waals surface area contributed by atoms with Crippen molar-refractivity contribution in [3.8, 4) is 0 Å². The van der Waals surface area contributed by atoms with E-state index in [0.717, 1.165) is 54.5 Å². The normalized spacial score (nSPS) is 18.6. The van der Waals surface area contributed by atoms with E-state index < -0.39 is 10.0 Å². The Balaban J connectivity index is 1.27. The number of rotatable bonds is 10. The third-order valence-corrected chi connectivity index (χ3v) is 7.89. The molecule has 1 saturated carbocycles. The van der Waals surface area contributed by atoms with Crippen molar-refractivity contribution in [1.29, 1.82) is 0 Å². The Morgan fingerprint density at radius 2 is 1.59 bits per heavy atom. The number of nitrogens with two attached hydrogens (primary N) is 1. The van der Waals surface area contributed by atoms with Gasteiger partial charge in [-0.25, -0.2) is 18.1 Å². The zero-order chi connectivity index (χ0) is 24.0. The number of fused-ring (bicyclic) bond motifs is 1. The third-order valence-electron chi connectivity index (χ3n) is 6.45. The van der Waals surface area contributed by atoms with Gasteiger partial charge in [-0.15, -0.1) is 0 Å². The van der Waals surface area contributed by atoms with Crippen molar-refractivity contribution in [3.63, 3.8) is 0 Å². The molecule has 182 valence electrons. The molecule has 0 atom stereocenters. The van der Waals surface area contributed by atoms with E-state index in [-0.39, 0.29) is 0 Å². The van der Waals surface area contributed by atoms with E-state index in [1.165, 1.54) is 0 Å². The van der Waals surface area contributed by atoms with Gasteiger partial charge in [-0.1, -0.05) is 29.8 Å². The second-order valence-electron chi connectivity index (χ2n) is 9.06.